The number of methoxy groups -OCH3 is 2. The van der Waals surface area contributed by atoms with Gasteiger partial charge in [0.25, 0.3) is 11.6 Å². The SMILES string of the molecule is CCn1c(=NC(=O)c2c(OC)cccc2OC)sc2cc([N+](=O)[O-])ccc21. The molecule has 2 aromatic carbocycles. The molecule has 1 aromatic heterocycles. The van der Waals surface area contributed by atoms with Crippen LogP contribution in [-0.2, 0) is 6.54 Å². The average Bonchev–Trinajstić information content (AvgIpc) is 3.02. The number of amides is 1. The number of carbonyl (C=O) groups is 1. The largest absolute Gasteiger partial charge is 0.496 e. The summed E-state index contributed by atoms with van der Waals surface area (Å²) in [4.78, 5) is 28.1. The Bertz CT molecular complexity index is 1080. The lowest BCUT2D eigenvalue weighted by atomic mass is 10.1. The van der Waals surface area contributed by atoms with E-state index in [0.717, 1.165) is 5.52 Å². The standard InChI is InChI=1S/C18H17N3O5S/c1-4-20-12-9-8-11(21(23)24)10-15(12)27-18(20)19-17(22)16-13(25-2)6-5-7-14(16)26-3/h5-10H,4H2,1-3H3. The van der Waals surface area contributed by atoms with Crippen LogP contribution in [0.4, 0.5) is 5.69 Å². The van der Waals surface area contributed by atoms with Crippen LogP contribution >= 0.6 is 11.3 Å². The molecule has 1 amide bonds. The second-order valence-corrected chi connectivity index (χ2v) is 6.50. The van der Waals surface area contributed by atoms with Crippen molar-refractivity contribution < 1.29 is 19.2 Å². The van der Waals surface area contributed by atoms with Gasteiger partial charge in [-0.15, -0.1) is 0 Å². The number of fused-ring (bicyclic) bond motifs is 1. The third-order valence-electron chi connectivity index (χ3n) is 4.03. The highest BCUT2D eigenvalue weighted by atomic mass is 32.1. The molecule has 0 radical (unpaired) electrons. The minimum atomic E-state index is -0.507. The Morgan fingerprint density at radius 3 is 2.44 bits per heavy atom. The number of nitrogens with zero attached hydrogens (tertiary/aromatic N) is 3. The second kappa shape index (κ2) is 7.58. The number of benzene rings is 2. The highest BCUT2D eigenvalue weighted by molar-refractivity contribution is 7.16. The summed E-state index contributed by atoms with van der Waals surface area (Å²) in [7, 11) is 2.94. The summed E-state index contributed by atoms with van der Waals surface area (Å²) in [6.07, 6.45) is 0. The third-order valence-corrected chi connectivity index (χ3v) is 5.07. The fourth-order valence-electron chi connectivity index (χ4n) is 2.77. The van der Waals surface area contributed by atoms with Crippen LogP contribution in [0.3, 0.4) is 0 Å². The number of hydrogen-bond donors (Lipinski definition) is 0. The predicted octanol–water partition coefficient (Wildman–Crippen LogP) is 3.39. The number of nitro groups is 1. The van der Waals surface area contributed by atoms with Crippen molar-refractivity contribution in [3.63, 3.8) is 0 Å². The summed E-state index contributed by atoms with van der Waals surface area (Å²) < 4.78 is 13.1. The van der Waals surface area contributed by atoms with Gasteiger partial charge in [-0.3, -0.25) is 14.9 Å². The quantitative estimate of drug-likeness (QED) is 0.494. The van der Waals surface area contributed by atoms with Crippen molar-refractivity contribution in [1.82, 2.24) is 4.57 Å². The molecular weight excluding hydrogens is 370 g/mol. The molecule has 0 aliphatic heterocycles. The molecule has 1 heterocycles. The molecule has 8 nitrogen and oxygen atoms in total. The predicted molar refractivity (Wildman–Crippen MR) is 102 cm³/mol. The van der Waals surface area contributed by atoms with Crippen molar-refractivity contribution >= 4 is 33.1 Å². The molecule has 27 heavy (non-hydrogen) atoms. The van der Waals surface area contributed by atoms with Crippen molar-refractivity contribution in [2.75, 3.05) is 14.2 Å². The van der Waals surface area contributed by atoms with Crippen LogP contribution in [0.2, 0.25) is 0 Å². The number of nitro benzene ring substituents is 1. The van der Waals surface area contributed by atoms with Crippen LogP contribution in [0.25, 0.3) is 10.2 Å². The Morgan fingerprint density at radius 1 is 1.22 bits per heavy atom. The van der Waals surface area contributed by atoms with Gasteiger partial charge in [-0.05, 0) is 25.1 Å². The Hall–Kier alpha value is -3.20. The first-order valence-corrected chi connectivity index (χ1v) is 8.89. The van der Waals surface area contributed by atoms with Gasteiger partial charge in [0.15, 0.2) is 4.80 Å². The van der Waals surface area contributed by atoms with Crippen LogP contribution in [0.5, 0.6) is 11.5 Å². The number of aryl methyl sites for hydroxylation is 1. The molecule has 3 aromatic rings. The van der Waals surface area contributed by atoms with E-state index < -0.39 is 10.8 Å². The van der Waals surface area contributed by atoms with E-state index in [9.17, 15) is 14.9 Å². The van der Waals surface area contributed by atoms with Crippen LogP contribution < -0.4 is 14.3 Å². The molecule has 0 fully saturated rings. The molecule has 140 valence electrons. The molecule has 0 aliphatic rings. The summed E-state index contributed by atoms with van der Waals surface area (Å²) in [5, 5.41) is 11.0. The molecule has 0 bridgehead atoms. The maximum Gasteiger partial charge on any atom is 0.287 e. The van der Waals surface area contributed by atoms with Crippen molar-refractivity contribution in [2.45, 2.75) is 13.5 Å². The van der Waals surface area contributed by atoms with Gasteiger partial charge in [0, 0.05) is 18.7 Å². The summed E-state index contributed by atoms with van der Waals surface area (Å²) in [6, 6.07) is 9.64. The van der Waals surface area contributed by atoms with Crippen molar-refractivity contribution in [1.29, 1.82) is 0 Å². The first-order chi connectivity index (χ1) is 13.0. The summed E-state index contributed by atoms with van der Waals surface area (Å²) in [6.45, 7) is 2.48. The van der Waals surface area contributed by atoms with Gasteiger partial charge < -0.3 is 14.0 Å². The van der Waals surface area contributed by atoms with Gasteiger partial charge in [-0.25, -0.2) is 0 Å². The van der Waals surface area contributed by atoms with Crippen LogP contribution in [-0.4, -0.2) is 29.6 Å². The van der Waals surface area contributed by atoms with Crippen LogP contribution in [0.15, 0.2) is 41.4 Å². The lowest BCUT2D eigenvalue weighted by Crippen LogP contribution is -2.16. The smallest absolute Gasteiger partial charge is 0.287 e. The number of hydrogen-bond acceptors (Lipinski definition) is 6. The normalized spacial score (nSPS) is 11.6. The molecule has 3 rings (SSSR count). The zero-order valence-electron chi connectivity index (χ0n) is 15.0. The maximum absolute atomic E-state index is 12.9. The number of non-ortho nitro benzene ring substituents is 1. The molecule has 0 saturated heterocycles. The summed E-state index contributed by atoms with van der Waals surface area (Å²) >= 11 is 1.22. The zero-order chi connectivity index (χ0) is 19.6. The molecular formula is C18H17N3O5S. The van der Waals surface area contributed by atoms with Gasteiger partial charge in [0.05, 0.1) is 29.4 Å². The van der Waals surface area contributed by atoms with E-state index in [0.29, 0.717) is 27.5 Å². The van der Waals surface area contributed by atoms with Gasteiger partial charge in [0.1, 0.15) is 17.1 Å². The molecule has 0 saturated carbocycles. The molecule has 0 spiro atoms. The lowest BCUT2D eigenvalue weighted by molar-refractivity contribution is -0.384. The third kappa shape index (κ3) is 3.41. The van der Waals surface area contributed by atoms with E-state index in [4.69, 9.17) is 9.47 Å². The summed E-state index contributed by atoms with van der Waals surface area (Å²) in [5.41, 5.74) is 1.01. The average molecular weight is 387 g/mol. The van der Waals surface area contributed by atoms with Crippen molar-refractivity contribution in [3.05, 3.63) is 56.9 Å². The molecule has 0 atom stereocenters. The van der Waals surface area contributed by atoms with Gasteiger partial charge in [-0.2, -0.15) is 4.99 Å². The Balaban J connectivity index is 2.19. The number of carbonyl (C=O) groups excluding carboxylic acids is 1. The van der Waals surface area contributed by atoms with Crippen LogP contribution in [0.1, 0.15) is 17.3 Å². The lowest BCUT2D eigenvalue weighted by Gasteiger charge is -2.09. The van der Waals surface area contributed by atoms with E-state index in [1.54, 1.807) is 24.3 Å². The van der Waals surface area contributed by atoms with Crippen molar-refractivity contribution in [3.8, 4) is 11.5 Å². The molecule has 0 unspecified atom stereocenters. The highest BCUT2D eigenvalue weighted by Gasteiger charge is 2.19. The fraction of sp³-hybridized carbons (Fsp3) is 0.222. The molecule has 0 N–H and O–H groups in total. The van der Waals surface area contributed by atoms with Gasteiger partial charge in [0.2, 0.25) is 0 Å². The second-order valence-electron chi connectivity index (χ2n) is 5.49. The van der Waals surface area contributed by atoms with E-state index in [2.05, 4.69) is 4.99 Å². The summed E-state index contributed by atoms with van der Waals surface area (Å²) in [5.74, 6) is 0.221. The van der Waals surface area contributed by atoms with E-state index in [-0.39, 0.29) is 11.3 Å². The van der Waals surface area contributed by atoms with Crippen LogP contribution in [0, 0.1) is 10.1 Å². The Kier molecular flexibility index (Phi) is 5.22. The maximum atomic E-state index is 12.9. The molecule has 0 aliphatic carbocycles. The zero-order valence-corrected chi connectivity index (χ0v) is 15.8. The topological polar surface area (TPSA) is 96.0 Å². The highest BCUT2D eigenvalue weighted by Crippen LogP contribution is 2.29. The Labute approximate surface area is 158 Å². The van der Waals surface area contributed by atoms with E-state index in [1.807, 2.05) is 11.5 Å². The number of rotatable bonds is 5. The van der Waals surface area contributed by atoms with Gasteiger partial charge in [-0.1, -0.05) is 17.4 Å². The fourth-order valence-corrected chi connectivity index (χ4v) is 3.90. The Morgan fingerprint density at radius 2 is 1.89 bits per heavy atom. The van der Waals surface area contributed by atoms with E-state index in [1.165, 1.54) is 37.7 Å². The number of aromatic nitrogens is 1. The molecule has 9 heteroatoms. The van der Waals surface area contributed by atoms with E-state index >= 15 is 0 Å². The first-order valence-electron chi connectivity index (χ1n) is 8.08. The van der Waals surface area contributed by atoms with Gasteiger partial charge >= 0.3 is 0 Å². The first kappa shape index (κ1) is 18.6. The number of ether oxygens (including phenoxy) is 2. The minimum Gasteiger partial charge on any atom is -0.496 e. The monoisotopic (exact) mass is 387 g/mol. The minimum absolute atomic E-state index is 0.00345. The van der Waals surface area contributed by atoms with Crippen molar-refractivity contribution in [2.24, 2.45) is 4.99 Å². The number of thiazole rings is 1.